The van der Waals surface area contributed by atoms with E-state index in [0.717, 1.165) is 29.3 Å². The number of unbranched alkanes of at least 4 members (excludes halogenated alkanes) is 7. The molecule has 0 spiro atoms. The third-order valence-corrected chi connectivity index (χ3v) is 5.60. The van der Waals surface area contributed by atoms with Crippen molar-refractivity contribution in [2.45, 2.75) is 63.2 Å². The van der Waals surface area contributed by atoms with Crippen LogP contribution in [0.25, 0.3) is 0 Å². The Morgan fingerprint density at radius 2 is 1.28 bits per heavy atom. The first-order valence-corrected chi connectivity index (χ1v) is 10.9. The summed E-state index contributed by atoms with van der Waals surface area (Å²) in [5, 5.41) is 0. The van der Waals surface area contributed by atoms with Gasteiger partial charge >= 0.3 is 0 Å². The molecule has 0 aromatic heterocycles. The zero-order valence-electron chi connectivity index (χ0n) is 16.5. The standard InChI is InChI=1S/C20H36NO3S/c1-19-13-15-20(16-14-19)25(22,23)24-18-12-10-8-6-5-7-9-11-17-21(2,3)4/h13-16H,5-12,17-18H2,1-4H3/q+1. The van der Waals surface area contributed by atoms with E-state index in [1.807, 2.05) is 6.92 Å². The molecule has 0 saturated heterocycles. The molecule has 0 unspecified atom stereocenters. The average Bonchev–Trinajstić information content (AvgIpc) is 2.52. The molecule has 0 aliphatic rings. The van der Waals surface area contributed by atoms with Gasteiger partial charge < -0.3 is 4.48 Å². The molecule has 0 saturated carbocycles. The molecular weight excluding hydrogens is 334 g/mol. The van der Waals surface area contributed by atoms with E-state index < -0.39 is 10.1 Å². The Bertz CT molecular complexity index is 574. The summed E-state index contributed by atoms with van der Waals surface area (Å²) < 4.78 is 30.2. The maximum absolute atomic E-state index is 12.0. The van der Waals surface area contributed by atoms with Gasteiger partial charge in [-0.15, -0.1) is 0 Å². The Balaban J connectivity index is 2.02. The van der Waals surface area contributed by atoms with Crippen LogP contribution in [0, 0.1) is 6.92 Å². The Morgan fingerprint density at radius 1 is 0.800 bits per heavy atom. The van der Waals surface area contributed by atoms with Gasteiger partial charge in [0.1, 0.15) is 0 Å². The summed E-state index contributed by atoms with van der Waals surface area (Å²) in [5.41, 5.74) is 1.04. The lowest BCUT2D eigenvalue weighted by Crippen LogP contribution is -2.35. The van der Waals surface area contributed by atoms with Gasteiger partial charge in [-0.2, -0.15) is 8.42 Å². The van der Waals surface area contributed by atoms with Crippen molar-refractivity contribution in [3.63, 3.8) is 0 Å². The third kappa shape index (κ3) is 10.6. The first kappa shape index (κ1) is 22.1. The van der Waals surface area contributed by atoms with Gasteiger partial charge in [0.2, 0.25) is 0 Å². The van der Waals surface area contributed by atoms with E-state index in [2.05, 4.69) is 21.1 Å². The van der Waals surface area contributed by atoms with Gasteiger partial charge in [0.05, 0.1) is 39.2 Å². The van der Waals surface area contributed by atoms with E-state index in [9.17, 15) is 8.42 Å². The van der Waals surface area contributed by atoms with Gasteiger partial charge in [0.15, 0.2) is 0 Å². The molecule has 0 aliphatic carbocycles. The molecule has 0 atom stereocenters. The van der Waals surface area contributed by atoms with E-state index in [0.29, 0.717) is 0 Å². The molecule has 1 aromatic carbocycles. The monoisotopic (exact) mass is 370 g/mol. The second kappa shape index (κ2) is 10.9. The lowest BCUT2D eigenvalue weighted by atomic mass is 10.1. The van der Waals surface area contributed by atoms with Crippen LogP contribution in [0.4, 0.5) is 0 Å². The predicted molar refractivity (Wildman–Crippen MR) is 104 cm³/mol. The quantitative estimate of drug-likeness (QED) is 0.291. The minimum atomic E-state index is -3.60. The van der Waals surface area contributed by atoms with Gasteiger partial charge in [-0.1, -0.05) is 49.8 Å². The van der Waals surface area contributed by atoms with Gasteiger partial charge in [0, 0.05) is 0 Å². The molecular formula is C20H36NO3S+. The normalized spacial score (nSPS) is 12.5. The van der Waals surface area contributed by atoms with E-state index in [-0.39, 0.29) is 11.5 Å². The molecule has 0 fully saturated rings. The maximum Gasteiger partial charge on any atom is 0.296 e. The molecule has 0 bridgehead atoms. The smallest absolute Gasteiger partial charge is 0.296 e. The Morgan fingerprint density at radius 3 is 1.80 bits per heavy atom. The van der Waals surface area contributed by atoms with Crippen molar-refractivity contribution >= 4 is 10.1 Å². The largest absolute Gasteiger partial charge is 0.331 e. The highest BCUT2D eigenvalue weighted by Crippen LogP contribution is 2.14. The number of benzene rings is 1. The molecule has 1 rings (SSSR count). The van der Waals surface area contributed by atoms with E-state index in [4.69, 9.17) is 4.18 Å². The predicted octanol–water partition coefficient (Wildman–Crippen LogP) is 4.53. The van der Waals surface area contributed by atoms with Crippen molar-refractivity contribution < 1.29 is 17.1 Å². The molecule has 1 aromatic rings. The maximum atomic E-state index is 12.0. The molecule has 25 heavy (non-hydrogen) atoms. The summed E-state index contributed by atoms with van der Waals surface area (Å²) >= 11 is 0. The Hall–Kier alpha value is -0.910. The summed E-state index contributed by atoms with van der Waals surface area (Å²) in [6.45, 7) is 3.45. The molecule has 0 heterocycles. The molecule has 0 aliphatic heterocycles. The van der Waals surface area contributed by atoms with E-state index in [1.165, 1.54) is 38.6 Å². The number of aryl methyl sites for hydroxylation is 1. The first-order valence-electron chi connectivity index (χ1n) is 9.47. The van der Waals surface area contributed by atoms with Gasteiger partial charge in [0.25, 0.3) is 10.1 Å². The van der Waals surface area contributed by atoms with Crippen LogP contribution in [0.15, 0.2) is 29.2 Å². The van der Waals surface area contributed by atoms with Crippen LogP contribution >= 0.6 is 0 Å². The Kier molecular flexibility index (Phi) is 9.69. The molecule has 5 heteroatoms. The average molecular weight is 371 g/mol. The number of rotatable bonds is 13. The summed E-state index contributed by atoms with van der Waals surface area (Å²) in [6.07, 6.45) is 9.41. The fourth-order valence-corrected chi connectivity index (χ4v) is 3.63. The summed E-state index contributed by atoms with van der Waals surface area (Å²) in [5.74, 6) is 0. The van der Waals surface area contributed by atoms with Gasteiger partial charge in [-0.25, -0.2) is 0 Å². The fourth-order valence-electron chi connectivity index (χ4n) is 2.69. The van der Waals surface area contributed by atoms with Crippen molar-refractivity contribution in [3.05, 3.63) is 29.8 Å². The zero-order chi connectivity index (χ0) is 18.8. The van der Waals surface area contributed by atoms with Crippen molar-refractivity contribution in [3.8, 4) is 0 Å². The number of quaternary nitrogens is 1. The van der Waals surface area contributed by atoms with Crippen LogP contribution in [0.1, 0.15) is 56.9 Å². The second-order valence-electron chi connectivity index (χ2n) is 7.93. The molecule has 0 amide bonds. The van der Waals surface area contributed by atoms with Crippen molar-refractivity contribution in [2.75, 3.05) is 34.3 Å². The lowest BCUT2D eigenvalue weighted by Gasteiger charge is -2.23. The molecule has 0 N–H and O–H groups in total. The topological polar surface area (TPSA) is 43.4 Å². The van der Waals surface area contributed by atoms with E-state index >= 15 is 0 Å². The van der Waals surface area contributed by atoms with Crippen LogP contribution in [-0.4, -0.2) is 47.2 Å². The van der Waals surface area contributed by atoms with Crippen molar-refractivity contribution in [1.29, 1.82) is 0 Å². The summed E-state index contributed by atoms with van der Waals surface area (Å²) in [4.78, 5) is 0.243. The van der Waals surface area contributed by atoms with Crippen LogP contribution < -0.4 is 0 Å². The SMILES string of the molecule is Cc1ccc(S(=O)(=O)OCCCCCCCCCC[N+](C)(C)C)cc1. The fraction of sp³-hybridized carbons (Fsp3) is 0.700. The van der Waals surface area contributed by atoms with Crippen molar-refractivity contribution in [2.24, 2.45) is 0 Å². The van der Waals surface area contributed by atoms with Crippen LogP contribution in [0.3, 0.4) is 0 Å². The molecule has 4 nitrogen and oxygen atoms in total. The first-order chi connectivity index (χ1) is 11.7. The van der Waals surface area contributed by atoms with Gasteiger partial charge in [-0.05, 0) is 38.3 Å². The van der Waals surface area contributed by atoms with Crippen LogP contribution in [-0.2, 0) is 14.3 Å². The van der Waals surface area contributed by atoms with Crippen LogP contribution in [0.5, 0.6) is 0 Å². The third-order valence-electron chi connectivity index (χ3n) is 4.27. The number of nitrogens with zero attached hydrogens (tertiary/aromatic N) is 1. The van der Waals surface area contributed by atoms with Gasteiger partial charge in [-0.3, -0.25) is 4.18 Å². The zero-order valence-corrected chi connectivity index (χ0v) is 17.3. The number of hydrogen-bond donors (Lipinski definition) is 0. The lowest BCUT2D eigenvalue weighted by molar-refractivity contribution is -0.870. The molecule has 0 radical (unpaired) electrons. The summed E-state index contributed by atoms with van der Waals surface area (Å²) in [6, 6.07) is 6.78. The van der Waals surface area contributed by atoms with Crippen molar-refractivity contribution in [1.82, 2.24) is 0 Å². The minimum absolute atomic E-state index is 0.243. The highest BCUT2D eigenvalue weighted by molar-refractivity contribution is 7.86. The minimum Gasteiger partial charge on any atom is -0.331 e. The van der Waals surface area contributed by atoms with Crippen LogP contribution in [0.2, 0.25) is 0 Å². The Labute approximate surface area is 154 Å². The number of hydrogen-bond acceptors (Lipinski definition) is 3. The highest BCUT2D eigenvalue weighted by Gasteiger charge is 2.14. The van der Waals surface area contributed by atoms with E-state index in [1.54, 1.807) is 24.3 Å². The summed E-state index contributed by atoms with van der Waals surface area (Å²) in [7, 11) is 3.11. The molecule has 144 valence electrons. The second-order valence-corrected chi connectivity index (χ2v) is 9.55. The highest BCUT2D eigenvalue weighted by atomic mass is 32.2.